The second-order valence-electron chi connectivity index (χ2n) is 34.4. The molecule has 0 bridgehead atoms. The van der Waals surface area contributed by atoms with E-state index in [1.165, 1.54) is 41.5 Å². The number of nitrogens with two attached hydrogens (primary N) is 9. The maximum Gasteiger partial charge on any atom is 0.326 e. The number of ether oxygens (including phenoxy) is 18. The molecule has 0 aliphatic rings. The first-order chi connectivity index (χ1) is 57.9. The predicted octanol–water partition coefficient (Wildman–Crippen LogP) is 3.90. The minimum absolute atomic E-state index is 0.00377. The monoisotopic (exact) mass is 1840 g/mol. The van der Waals surface area contributed by atoms with Gasteiger partial charge < -0.3 is 137 Å². The molecule has 0 heterocycles. The van der Waals surface area contributed by atoms with Crippen molar-refractivity contribution in [2.75, 3.05) is 6.79 Å². The molecule has 0 aliphatic carbocycles. The van der Waals surface area contributed by atoms with Crippen LogP contribution in [-0.4, -0.2) is 223 Å². The maximum absolute atomic E-state index is 11.6. The van der Waals surface area contributed by atoms with E-state index in [1.807, 2.05) is 132 Å². The molecule has 0 aromatic rings. The lowest BCUT2D eigenvalue weighted by Gasteiger charge is -2.27. The van der Waals surface area contributed by atoms with Crippen molar-refractivity contribution < 1.29 is 172 Å². The van der Waals surface area contributed by atoms with Crippen molar-refractivity contribution in [3.63, 3.8) is 0 Å². The smallest absolute Gasteiger partial charge is 0.326 e. The van der Waals surface area contributed by atoms with Crippen LogP contribution in [0.25, 0.3) is 0 Å². The fraction of sp³-hybridized carbons (Fsp3) is 0.780. The lowest BCUT2D eigenvalue weighted by molar-refractivity contribution is -0.192. The number of carbonyl (C=O) groups excluding carboxylic acids is 18. The van der Waals surface area contributed by atoms with E-state index >= 15 is 0 Å². The first-order valence-corrected chi connectivity index (χ1v) is 40.3. The maximum atomic E-state index is 11.6. The molecule has 0 radical (unpaired) electrons. The predicted molar refractivity (Wildman–Crippen MR) is 456 cm³/mol. The molecule has 45 heteroatoms. The Labute approximate surface area is 747 Å². The molecule has 0 unspecified atom stereocenters. The molecule has 744 valence electrons. The average Bonchev–Trinajstić information content (AvgIpc) is 0.865. The Morgan fingerprint density at radius 3 is 0.567 bits per heavy atom. The Bertz CT molecular complexity index is 2940. The van der Waals surface area contributed by atoms with Crippen molar-refractivity contribution >= 4 is 112 Å². The van der Waals surface area contributed by atoms with Gasteiger partial charge in [0, 0.05) is 53.4 Å². The van der Waals surface area contributed by atoms with Gasteiger partial charge in [-0.3, -0.25) is 86.3 Å². The number of esters is 9. The number of hydrogen-bond donors (Lipinski definition) is 9. The van der Waals surface area contributed by atoms with Crippen LogP contribution < -0.4 is 51.6 Å². The number of hydrogen-bond acceptors (Lipinski definition) is 45. The van der Waals surface area contributed by atoms with Crippen molar-refractivity contribution in [2.24, 2.45) is 114 Å². The summed E-state index contributed by atoms with van der Waals surface area (Å²) < 4.78 is 82.8. The van der Waals surface area contributed by atoms with Crippen LogP contribution in [0.4, 0.5) is 0 Å². The highest BCUT2D eigenvalue weighted by atomic mass is 16.8. The van der Waals surface area contributed by atoms with E-state index in [2.05, 4.69) is 47.4 Å². The summed E-state index contributed by atoms with van der Waals surface area (Å²) in [5, 5.41) is 0. The molecule has 0 rings (SSSR count). The van der Waals surface area contributed by atoms with Crippen molar-refractivity contribution in [1.29, 1.82) is 0 Å². The normalized spacial score (nSPS) is 15.4. The van der Waals surface area contributed by atoms with E-state index in [-0.39, 0.29) is 128 Å². The molecule has 0 spiro atoms. The lowest BCUT2D eigenvalue weighted by Crippen LogP contribution is -2.45. The minimum Gasteiger partial charge on any atom is -0.430 e. The van der Waals surface area contributed by atoms with E-state index in [0.717, 1.165) is 12.8 Å². The Morgan fingerprint density at radius 2 is 0.409 bits per heavy atom. The zero-order valence-corrected chi connectivity index (χ0v) is 80.5. The summed E-state index contributed by atoms with van der Waals surface area (Å²) in [6, 6.07) is -6.39. The van der Waals surface area contributed by atoms with Crippen LogP contribution in [0.5, 0.6) is 0 Å². The fourth-order valence-corrected chi connectivity index (χ4v) is 6.70. The molecule has 45 nitrogen and oxygen atoms in total. The Morgan fingerprint density at radius 1 is 0.236 bits per heavy atom. The quantitative estimate of drug-likeness (QED) is 0.0137. The molecule has 0 saturated carbocycles. The Hall–Kier alpha value is -9.90. The van der Waals surface area contributed by atoms with E-state index < -0.39 is 158 Å². The van der Waals surface area contributed by atoms with Crippen molar-refractivity contribution in [3.05, 3.63) is 0 Å². The molecule has 0 aromatic carbocycles. The first kappa shape index (κ1) is 135. The standard InChI is InChI=1S/2C11H21NO4.4C9H17NO4.3C8H15NO4/c2*1-7(2)10(15-6-13)16-9(14)8(12)11(3,4)5;2*1-6(13-5-11)14-8(12)7(10)9(2,3)4;2*1-4-6(2)8(10)9(12)14-7(3)13-5-11;1-8(2,3)6(9)7(11)13-5-12-4-10;2*1-5(2)7(9)8(11)13-6(3)12-4-10/h2*6-8,10H,12H2,1-5H3;2*5-7H,10H2,1-4H3;2*5-8H,4,10H2,1-3H3;4,6H,5,9H2,1-3H3;2*4-7H,9H2,1-3H3/t8-,10+;8-,10-;6-,7+;6-,7-;6-,7+,8-;6-,7-,8-;6-;6-,7+;6-,7-/m110100110/s1. The third-order valence-electron chi connectivity index (χ3n) is 16.4. The minimum atomic E-state index is -0.895. The zero-order valence-electron chi connectivity index (χ0n) is 80.5. The van der Waals surface area contributed by atoms with Gasteiger partial charge in [-0.15, -0.1) is 0 Å². The molecule has 0 amide bonds. The molecule has 19 atom stereocenters. The Kier molecular flexibility index (Phi) is 76.6. The van der Waals surface area contributed by atoms with Gasteiger partial charge in [0.05, 0.1) is 0 Å². The van der Waals surface area contributed by atoms with Crippen molar-refractivity contribution in [1.82, 2.24) is 0 Å². The third kappa shape index (κ3) is 71.8. The van der Waals surface area contributed by atoms with E-state index in [0.29, 0.717) is 0 Å². The molecule has 0 aromatic heterocycles. The summed E-state index contributed by atoms with van der Waals surface area (Å²) in [5.41, 5.74) is 48.5. The molecular weight excluding hydrogens is 1690 g/mol. The molecule has 127 heavy (non-hydrogen) atoms. The van der Waals surface area contributed by atoms with Gasteiger partial charge in [-0.2, -0.15) is 0 Å². The van der Waals surface area contributed by atoms with Crippen LogP contribution in [0, 0.1) is 62.6 Å². The topological polar surface area (TPSA) is 708 Å². The van der Waals surface area contributed by atoms with Gasteiger partial charge in [0.1, 0.15) is 54.4 Å². The summed E-state index contributed by atoms with van der Waals surface area (Å²) in [5.74, 6) is -5.21. The summed E-state index contributed by atoms with van der Waals surface area (Å²) in [6.07, 6.45) is -5.48. The summed E-state index contributed by atoms with van der Waals surface area (Å²) >= 11 is 0. The first-order valence-electron chi connectivity index (χ1n) is 40.3. The highest BCUT2D eigenvalue weighted by Gasteiger charge is 2.36. The highest BCUT2D eigenvalue weighted by Crippen LogP contribution is 2.24. The van der Waals surface area contributed by atoms with Gasteiger partial charge in [-0.05, 0) is 50.7 Å². The van der Waals surface area contributed by atoms with Crippen molar-refractivity contribution in [3.8, 4) is 0 Å². The van der Waals surface area contributed by atoms with Gasteiger partial charge in [-0.25, -0.2) is 0 Å². The molecule has 0 aliphatic heterocycles. The third-order valence-corrected chi connectivity index (χ3v) is 16.4. The lowest BCUT2D eigenvalue weighted by atomic mass is 9.87. The molecule has 18 N–H and O–H groups in total. The zero-order chi connectivity index (χ0) is 102. The van der Waals surface area contributed by atoms with Crippen LogP contribution in [0.15, 0.2) is 0 Å². The van der Waals surface area contributed by atoms with Crippen molar-refractivity contribution in [2.45, 2.75) is 346 Å². The number of carbonyl (C=O) groups is 18. The average molecular weight is 1840 g/mol. The van der Waals surface area contributed by atoms with E-state index in [4.69, 9.17) is 89.5 Å². The van der Waals surface area contributed by atoms with Crippen LogP contribution in [0.2, 0.25) is 0 Å². The van der Waals surface area contributed by atoms with Gasteiger partial charge in [0.2, 0.25) is 57.1 Å². The van der Waals surface area contributed by atoms with Gasteiger partial charge in [-0.1, -0.05) is 200 Å². The number of rotatable bonds is 44. The second kappa shape index (κ2) is 72.1. The largest absolute Gasteiger partial charge is 0.430 e. The van der Waals surface area contributed by atoms with Gasteiger partial charge in [0.25, 0.3) is 58.2 Å². The van der Waals surface area contributed by atoms with E-state index in [9.17, 15) is 86.3 Å². The summed E-state index contributed by atoms with van der Waals surface area (Å²) in [7, 11) is 0. The van der Waals surface area contributed by atoms with Gasteiger partial charge in [0.15, 0.2) is 0 Å². The SMILES string of the molecule is CC(C)(C)[C@H](N)C(=O)OCOC=O.CC(C)[C@@H](OC=O)OC(=O)[C@@H](N)C(C)(C)C.CC(C)[C@H](N)C(=O)O[C@@H](C)OC=O.CC(C)[C@H](N)C(=O)O[C@H](C)OC=O.CC(C)[C@H](OC=O)OC(=O)[C@@H](N)C(C)(C)C.CC[C@H](C)[C@H](N)C(=O)O[C@@H](C)OC=O.CC[C@H](C)[C@H](N)C(=O)O[C@H](C)OC=O.C[C@@H](OC=O)OC(=O)[C@@H](N)C(C)(C)C.C[C@H](OC=O)OC(=O)[C@@H](N)C(C)(C)C. The van der Waals surface area contributed by atoms with Crippen LogP contribution in [0.1, 0.15) is 241 Å². The van der Waals surface area contributed by atoms with Gasteiger partial charge >= 0.3 is 53.7 Å². The fourth-order valence-electron chi connectivity index (χ4n) is 6.70. The molecule has 0 saturated heterocycles. The van der Waals surface area contributed by atoms with Crippen LogP contribution in [0.3, 0.4) is 0 Å². The summed E-state index contributed by atoms with van der Waals surface area (Å²) in [6.45, 7) is 59.7. The Balaban J connectivity index is -0.000000176. The highest BCUT2D eigenvalue weighted by molar-refractivity contribution is 5.80. The van der Waals surface area contributed by atoms with E-state index in [1.54, 1.807) is 55.4 Å². The summed E-state index contributed by atoms with van der Waals surface area (Å²) in [4.78, 5) is 191. The molecule has 0 fully saturated rings. The second-order valence-corrected chi connectivity index (χ2v) is 34.4. The molecular formula is C82H155N9O36. The van der Waals surface area contributed by atoms with Crippen LogP contribution >= 0.6 is 0 Å². The van der Waals surface area contributed by atoms with Crippen LogP contribution in [-0.2, 0) is 172 Å².